The highest BCUT2D eigenvalue weighted by molar-refractivity contribution is 6.45. The molecule has 29 heavy (non-hydrogen) atoms. The molecule has 1 atom stereocenters. The van der Waals surface area contributed by atoms with Gasteiger partial charge in [0, 0.05) is 25.7 Å². The lowest BCUT2D eigenvalue weighted by Gasteiger charge is -2.32. The second kappa shape index (κ2) is 8.37. The minimum atomic E-state index is -0.306. The Labute approximate surface area is 176 Å². The molecule has 1 heterocycles. The SMILES string of the molecule is C/C(=C\C(CB1OC(C)(C)C(C)(C)O1)c1ccccc1)c1ccc(N(C)C)cc1. The minimum absolute atomic E-state index is 0.217. The third-order valence-corrected chi connectivity index (χ3v) is 6.27. The first kappa shape index (κ1) is 21.7. The van der Waals surface area contributed by atoms with Crippen LogP contribution in [0, 0.1) is 0 Å². The molecule has 0 saturated carbocycles. The molecular weight excluding hydrogens is 357 g/mol. The summed E-state index contributed by atoms with van der Waals surface area (Å²) in [4.78, 5) is 2.12. The summed E-state index contributed by atoms with van der Waals surface area (Å²) in [5, 5.41) is 0. The van der Waals surface area contributed by atoms with Crippen molar-refractivity contribution in [1.29, 1.82) is 0 Å². The first-order chi connectivity index (χ1) is 13.6. The Morgan fingerprint density at radius 3 is 2.00 bits per heavy atom. The van der Waals surface area contributed by atoms with Crippen molar-refractivity contribution in [3.63, 3.8) is 0 Å². The van der Waals surface area contributed by atoms with Crippen molar-refractivity contribution < 1.29 is 9.31 Å². The number of allylic oxidation sites excluding steroid dienone is 2. The van der Waals surface area contributed by atoms with E-state index >= 15 is 0 Å². The maximum atomic E-state index is 6.29. The molecule has 2 aromatic carbocycles. The Morgan fingerprint density at radius 2 is 1.48 bits per heavy atom. The fourth-order valence-corrected chi connectivity index (χ4v) is 3.69. The van der Waals surface area contributed by atoms with Crippen LogP contribution in [0.4, 0.5) is 5.69 Å². The van der Waals surface area contributed by atoms with E-state index < -0.39 is 0 Å². The van der Waals surface area contributed by atoms with Gasteiger partial charge in [-0.05, 0) is 69.8 Å². The summed E-state index contributed by atoms with van der Waals surface area (Å²) in [6.45, 7) is 10.6. The molecule has 1 aliphatic rings. The summed E-state index contributed by atoms with van der Waals surface area (Å²) >= 11 is 0. The zero-order valence-corrected chi connectivity index (χ0v) is 18.9. The molecule has 1 saturated heterocycles. The quantitative estimate of drug-likeness (QED) is 0.561. The maximum Gasteiger partial charge on any atom is 0.458 e. The second-order valence-electron chi connectivity index (χ2n) is 9.23. The fraction of sp³-hybridized carbons (Fsp3) is 0.440. The number of anilines is 1. The third-order valence-electron chi connectivity index (χ3n) is 6.27. The molecule has 3 nitrogen and oxygen atoms in total. The normalized spacial score (nSPS) is 19.3. The van der Waals surface area contributed by atoms with Crippen molar-refractivity contribution in [2.75, 3.05) is 19.0 Å². The van der Waals surface area contributed by atoms with E-state index in [0.29, 0.717) is 0 Å². The van der Waals surface area contributed by atoms with Gasteiger partial charge in [-0.2, -0.15) is 0 Å². The van der Waals surface area contributed by atoms with Crippen LogP contribution >= 0.6 is 0 Å². The monoisotopic (exact) mass is 391 g/mol. The zero-order chi connectivity index (χ0) is 21.2. The van der Waals surface area contributed by atoms with Crippen molar-refractivity contribution in [3.8, 4) is 0 Å². The summed E-state index contributed by atoms with van der Waals surface area (Å²) < 4.78 is 12.6. The molecule has 0 N–H and O–H groups in total. The van der Waals surface area contributed by atoms with Crippen LogP contribution in [0.5, 0.6) is 0 Å². The van der Waals surface area contributed by atoms with E-state index in [9.17, 15) is 0 Å². The highest BCUT2D eigenvalue weighted by Crippen LogP contribution is 2.40. The summed E-state index contributed by atoms with van der Waals surface area (Å²) in [5.41, 5.74) is 4.38. The number of hydrogen-bond donors (Lipinski definition) is 0. The van der Waals surface area contributed by atoms with Gasteiger partial charge in [0.25, 0.3) is 0 Å². The molecule has 1 aliphatic heterocycles. The molecule has 154 valence electrons. The van der Waals surface area contributed by atoms with E-state index in [1.165, 1.54) is 22.4 Å². The standard InChI is InChI=1S/C25H34BNO2/c1-19(20-13-15-23(16-14-20)27(6)7)17-22(21-11-9-8-10-12-21)18-26-28-24(2,3)25(4,5)29-26/h8-17,22H,18H2,1-7H3/b19-17+. The molecule has 1 fully saturated rings. The number of hydrogen-bond acceptors (Lipinski definition) is 3. The Hall–Kier alpha value is -2.04. The first-order valence-electron chi connectivity index (χ1n) is 10.5. The van der Waals surface area contributed by atoms with Crippen molar-refractivity contribution >= 4 is 18.4 Å². The van der Waals surface area contributed by atoms with Crippen molar-refractivity contribution in [1.82, 2.24) is 0 Å². The fourth-order valence-electron chi connectivity index (χ4n) is 3.69. The summed E-state index contributed by atoms with van der Waals surface area (Å²) in [7, 11) is 3.91. The lowest BCUT2D eigenvalue weighted by atomic mass is 9.74. The van der Waals surface area contributed by atoms with E-state index in [4.69, 9.17) is 9.31 Å². The van der Waals surface area contributed by atoms with Gasteiger partial charge in [0.05, 0.1) is 11.2 Å². The lowest BCUT2D eigenvalue weighted by Crippen LogP contribution is -2.41. The molecule has 0 aliphatic carbocycles. The highest BCUT2D eigenvalue weighted by atomic mass is 16.7. The average Bonchev–Trinajstić information content (AvgIpc) is 2.88. The number of rotatable bonds is 6. The van der Waals surface area contributed by atoms with Crippen LogP contribution in [-0.2, 0) is 9.31 Å². The Morgan fingerprint density at radius 1 is 0.931 bits per heavy atom. The molecule has 2 aromatic rings. The van der Waals surface area contributed by atoms with Gasteiger partial charge >= 0.3 is 7.12 Å². The summed E-state index contributed by atoms with van der Waals surface area (Å²) in [6, 6.07) is 19.4. The smallest absolute Gasteiger partial charge is 0.403 e. The second-order valence-corrected chi connectivity index (χ2v) is 9.23. The van der Waals surface area contributed by atoms with Crippen molar-refractivity contribution in [2.45, 2.75) is 58.1 Å². The van der Waals surface area contributed by atoms with E-state index in [1.54, 1.807) is 0 Å². The average molecular weight is 391 g/mol. The molecule has 0 bridgehead atoms. The van der Waals surface area contributed by atoms with Gasteiger partial charge in [-0.15, -0.1) is 0 Å². The van der Waals surface area contributed by atoms with E-state index in [0.717, 1.165) is 6.32 Å². The molecular formula is C25H34BNO2. The van der Waals surface area contributed by atoms with E-state index in [-0.39, 0.29) is 24.2 Å². The zero-order valence-electron chi connectivity index (χ0n) is 18.9. The molecule has 0 radical (unpaired) electrons. The van der Waals surface area contributed by atoms with Crippen LogP contribution < -0.4 is 4.90 Å². The summed E-state index contributed by atoms with van der Waals surface area (Å²) in [6.07, 6.45) is 3.15. The van der Waals surface area contributed by atoms with Gasteiger partial charge < -0.3 is 14.2 Å². The van der Waals surface area contributed by atoms with E-state index in [2.05, 4.69) is 114 Å². The minimum Gasteiger partial charge on any atom is -0.403 e. The van der Waals surface area contributed by atoms with Crippen molar-refractivity contribution in [2.24, 2.45) is 0 Å². The molecule has 0 aromatic heterocycles. The maximum absolute atomic E-state index is 6.29. The van der Waals surface area contributed by atoms with Crippen LogP contribution in [0.15, 0.2) is 60.7 Å². The first-order valence-corrected chi connectivity index (χ1v) is 10.5. The van der Waals surface area contributed by atoms with Crippen LogP contribution in [0.25, 0.3) is 5.57 Å². The summed E-state index contributed by atoms with van der Waals surface area (Å²) in [5.74, 6) is 0.222. The Balaban J connectivity index is 1.85. The largest absolute Gasteiger partial charge is 0.458 e. The van der Waals surface area contributed by atoms with Gasteiger partial charge in [-0.3, -0.25) is 0 Å². The predicted octanol–water partition coefficient (Wildman–Crippen LogP) is 6.03. The van der Waals surface area contributed by atoms with Crippen LogP contribution in [0.2, 0.25) is 6.32 Å². The molecule has 0 spiro atoms. The van der Waals surface area contributed by atoms with Crippen LogP contribution in [0.3, 0.4) is 0 Å². The van der Waals surface area contributed by atoms with Gasteiger partial charge in [0.1, 0.15) is 0 Å². The van der Waals surface area contributed by atoms with Gasteiger partial charge in [0.2, 0.25) is 0 Å². The van der Waals surface area contributed by atoms with Gasteiger partial charge in [-0.25, -0.2) is 0 Å². The lowest BCUT2D eigenvalue weighted by molar-refractivity contribution is 0.00578. The Bertz CT molecular complexity index is 825. The van der Waals surface area contributed by atoms with E-state index in [1.807, 2.05) is 0 Å². The Kier molecular flexibility index (Phi) is 6.26. The topological polar surface area (TPSA) is 21.7 Å². The third kappa shape index (κ3) is 4.94. The molecule has 0 amide bonds. The van der Waals surface area contributed by atoms with Crippen LogP contribution in [-0.4, -0.2) is 32.4 Å². The highest BCUT2D eigenvalue weighted by Gasteiger charge is 2.51. The number of benzene rings is 2. The molecule has 1 unspecified atom stereocenters. The van der Waals surface area contributed by atoms with Gasteiger partial charge in [0.15, 0.2) is 0 Å². The predicted molar refractivity (Wildman–Crippen MR) is 124 cm³/mol. The van der Waals surface area contributed by atoms with Gasteiger partial charge in [-0.1, -0.05) is 48.5 Å². The van der Waals surface area contributed by atoms with Crippen LogP contribution in [0.1, 0.15) is 51.7 Å². The molecule has 4 heteroatoms. The molecule has 3 rings (SSSR count). The van der Waals surface area contributed by atoms with Crippen molar-refractivity contribution in [3.05, 3.63) is 71.8 Å². The number of nitrogens with zero attached hydrogens (tertiary/aromatic N) is 1.